The van der Waals surface area contributed by atoms with E-state index < -0.39 is 11.4 Å². The maximum absolute atomic E-state index is 14.1. The summed E-state index contributed by atoms with van der Waals surface area (Å²) in [6, 6.07) is 7.74. The normalized spacial score (nSPS) is 14.2. The number of rotatable bonds is 5. The highest BCUT2D eigenvalue weighted by atomic mass is 79.9. The van der Waals surface area contributed by atoms with Crippen LogP contribution in [-0.4, -0.2) is 38.9 Å². The van der Waals surface area contributed by atoms with Crippen molar-refractivity contribution in [3.8, 4) is 11.8 Å². The molecule has 3 aromatic rings. The molecule has 0 amide bonds. The van der Waals surface area contributed by atoms with Crippen LogP contribution in [0.2, 0.25) is 5.02 Å². The molecule has 0 unspecified atom stereocenters. The molecule has 0 N–H and O–H groups in total. The van der Waals surface area contributed by atoms with Gasteiger partial charge in [0.25, 0.3) is 5.56 Å². The maximum Gasteiger partial charge on any atom is 0.270 e. The fourth-order valence-corrected chi connectivity index (χ4v) is 3.82. The van der Waals surface area contributed by atoms with Crippen LogP contribution >= 0.6 is 27.5 Å². The predicted octanol–water partition coefficient (Wildman–Crippen LogP) is 3.56. The summed E-state index contributed by atoms with van der Waals surface area (Å²) in [4.78, 5) is 23.0. The van der Waals surface area contributed by atoms with E-state index in [1.54, 1.807) is 24.5 Å². The van der Waals surface area contributed by atoms with Crippen LogP contribution in [0, 0.1) is 17.1 Å². The monoisotopic (exact) mass is 518 g/mol. The standard InChI is InChI=1S/C21H17BrClFN6O2/c22-14-2-1-13(17(24)7-14)12-30-20(31)8-19(18(9-25)28-30)32-16-3-5-29(6-4-16)21-26-10-15(23)11-27-21/h1-2,7-8,10-11,16H,3-6,12H2. The number of ether oxygens (including phenoxy) is 1. The summed E-state index contributed by atoms with van der Waals surface area (Å²) < 4.78 is 21.7. The zero-order valence-electron chi connectivity index (χ0n) is 16.7. The van der Waals surface area contributed by atoms with Gasteiger partial charge in [-0.3, -0.25) is 4.79 Å². The molecule has 1 saturated heterocycles. The van der Waals surface area contributed by atoms with Gasteiger partial charge in [0.05, 0.1) is 30.0 Å². The van der Waals surface area contributed by atoms with Crippen molar-refractivity contribution in [3.63, 3.8) is 0 Å². The Balaban J connectivity index is 1.45. The molecule has 4 rings (SSSR count). The summed E-state index contributed by atoms with van der Waals surface area (Å²) in [6.45, 7) is 1.22. The number of nitriles is 1. The largest absolute Gasteiger partial charge is 0.487 e. The highest BCUT2D eigenvalue weighted by Crippen LogP contribution is 2.23. The van der Waals surface area contributed by atoms with Gasteiger partial charge in [0.2, 0.25) is 11.6 Å². The molecule has 0 atom stereocenters. The molecule has 1 aliphatic rings. The SMILES string of the molecule is N#Cc1nn(Cc2ccc(Br)cc2F)c(=O)cc1OC1CCN(c2ncc(Cl)cn2)CC1. The Labute approximate surface area is 196 Å². The van der Waals surface area contributed by atoms with E-state index in [1.165, 1.54) is 12.1 Å². The maximum atomic E-state index is 14.1. The molecular weight excluding hydrogens is 503 g/mol. The molecule has 3 heterocycles. The fraction of sp³-hybridized carbons (Fsp3) is 0.286. The second-order valence-electron chi connectivity index (χ2n) is 7.21. The third kappa shape index (κ3) is 5.06. The highest BCUT2D eigenvalue weighted by molar-refractivity contribution is 9.10. The minimum atomic E-state index is -0.478. The van der Waals surface area contributed by atoms with Crippen molar-refractivity contribution in [3.05, 3.63) is 73.6 Å². The number of anilines is 1. The first-order chi connectivity index (χ1) is 15.4. The molecule has 0 bridgehead atoms. The number of hydrogen-bond donors (Lipinski definition) is 0. The van der Waals surface area contributed by atoms with Crippen molar-refractivity contribution < 1.29 is 9.13 Å². The molecule has 0 aliphatic carbocycles. The summed E-state index contributed by atoms with van der Waals surface area (Å²) in [7, 11) is 0. The second kappa shape index (κ2) is 9.63. The molecule has 0 spiro atoms. The van der Waals surface area contributed by atoms with E-state index in [1.807, 2.05) is 11.0 Å². The van der Waals surface area contributed by atoms with Gasteiger partial charge in [-0.05, 0) is 12.1 Å². The van der Waals surface area contributed by atoms with Crippen LogP contribution in [0.25, 0.3) is 0 Å². The molecule has 11 heteroatoms. The number of nitrogens with zero attached hydrogens (tertiary/aromatic N) is 6. The molecule has 0 radical (unpaired) electrons. The van der Waals surface area contributed by atoms with Gasteiger partial charge in [-0.15, -0.1) is 0 Å². The summed E-state index contributed by atoms with van der Waals surface area (Å²) >= 11 is 9.03. The van der Waals surface area contributed by atoms with Gasteiger partial charge >= 0.3 is 0 Å². The molecule has 32 heavy (non-hydrogen) atoms. The number of aromatic nitrogens is 4. The number of benzene rings is 1. The lowest BCUT2D eigenvalue weighted by atomic mass is 10.1. The summed E-state index contributed by atoms with van der Waals surface area (Å²) in [6.07, 6.45) is 4.22. The highest BCUT2D eigenvalue weighted by Gasteiger charge is 2.24. The van der Waals surface area contributed by atoms with E-state index in [-0.39, 0.29) is 29.7 Å². The van der Waals surface area contributed by atoms with Crippen molar-refractivity contribution in [2.24, 2.45) is 0 Å². The summed E-state index contributed by atoms with van der Waals surface area (Å²) in [5.74, 6) is 0.254. The minimum Gasteiger partial charge on any atom is -0.487 e. The van der Waals surface area contributed by atoms with Gasteiger partial charge in [0, 0.05) is 36.0 Å². The Morgan fingerprint density at radius 3 is 2.62 bits per heavy atom. The van der Waals surface area contributed by atoms with Gasteiger partial charge in [-0.25, -0.2) is 19.0 Å². The first-order valence-electron chi connectivity index (χ1n) is 9.78. The van der Waals surface area contributed by atoms with Crippen LogP contribution in [0.4, 0.5) is 10.3 Å². The van der Waals surface area contributed by atoms with E-state index in [2.05, 4.69) is 31.0 Å². The van der Waals surface area contributed by atoms with Crippen LogP contribution in [0.1, 0.15) is 24.1 Å². The summed E-state index contributed by atoms with van der Waals surface area (Å²) in [5.41, 5.74) is -0.212. The lowest BCUT2D eigenvalue weighted by Crippen LogP contribution is -2.39. The molecule has 1 aliphatic heterocycles. The first kappa shape index (κ1) is 22.2. The van der Waals surface area contributed by atoms with Crippen molar-refractivity contribution in [2.45, 2.75) is 25.5 Å². The molecule has 8 nitrogen and oxygen atoms in total. The predicted molar refractivity (Wildman–Crippen MR) is 119 cm³/mol. The zero-order chi connectivity index (χ0) is 22.7. The molecule has 0 saturated carbocycles. The Morgan fingerprint density at radius 2 is 1.97 bits per heavy atom. The number of halogens is 3. The Morgan fingerprint density at radius 1 is 1.25 bits per heavy atom. The number of hydrogen-bond acceptors (Lipinski definition) is 7. The average molecular weight is 520 g/mol. The third-order valence-electron chi connectivity index (χ3n) is 5.03. The lowest BCUT2D eigenvalue weighted by Gasteiger charge is -2.32. The fourth-order valence-electron chi connectivity index (χ4n) is 3.39. The topological polar surface area (TPSA) is 96.9 Å². The smallest absolute Gasteiger partial charge is 0.270 e. The Bertz CT molecular complexity index is 1220. The number of piperidine rings is 1. The van der Waals surface area contributed by atoms with Crippen LogP contribution in [-0.2, 0) is 6.54 Å². The van der Waals surface area contributed by atoms with Gasteiger partial charge < -0.3 is 9.64 Å². The molecule has 2 aromatic heterocycles. The first-order valence-corrected chi connectivity index (χ1v) is 11.0. The molecule has 164 valence electrons. The average Bonchev–Trinajstić information content (AvgIpc) is 2.78. The Kier molecular flexibility index (Phi) is 6.67. The van der Waals surface area contributed by atoms with E-state index >= 15 is 0 Å². The van der Waals surface area contributed by atoms with Crippen LogP contribution in [0.5, 0.6) is 5.75 Å². The summed E-state index contributed by atoms with van der Waals surface area (Å²) in [5, 5.41) is 14.1. The van der Waals surface area contributed by atoms with Gasteiger partial charge in [-0.2, -0.15) is 10.4 Å². The van der Waals surface area contributed by atoms with E-state index in [9.17, 15) is 14.4 Å². The quantitative estimate of drug-likeness (QED) is 0.508. The van der Waals surface area contributed by atoms with Crippen LogP contribution in [0.3, 0.4) is 0 Å². The zero-order valence-corrected chi connectivity index (χ0v) is 19.1. The van der Waals surface area contributed by atoms with Gasteiger partial charge in [0.1, 0.15) is 18.0 Å². The lowest BCUT2D eigenvalue weighted by molar-refractivity contribution is 0.168. The Hall–Kier alpha value is -3.03. The van der Waals surface area contributed by atoms with E-state index in [4.69, 9.17) is 16.3 Å². The van der Waals surface area contributed by atoms with Crippen molar-refractivity contribution in [1.29, 1.82) is 5.26 Å². The van der Waals surface area contributed by atoms with Gasteiger partial charge in [-0.1, -0.05) is 33.6 Å². The molecule has 1 aromatic carbocycles. The van der Waals surface area contributed by atoms with E-state index in [0.717, 1.165) is 4.68 Å². The van der Waals surface area contributed by atoms with Crippen LogP contribution in [0.15, 0.2) is 45.9 Å². The van der Waals surface area contributed by atoms with Crippen molar-refractivity contribution >= 4 is 33.5 Å². The van der Waals surface area contributed by atoms with E-state index in [0.29, 0.717) is 41.4 Å². The minimum absolute atomic E-state index is 0.0226. The van der Waals surface area contributed by atoms with Crippen molar-refractivity contribution in [1.82, 2.24) is 19.7 Å². The second-order valence-corrected chi connectivity index (χ2v) is 8.56. The van der Waals surface area contributed by atoms with Crippen molar-refractivity contribution in [2.75, 3.05) is 18.0 Å². The molecular formula is C21H17BrClFN6O2. The van der Waals surface area contributed by atoms with Crippen LogP contribution < -0.4 is 15.2 Å². The molecule has 1 fully saturated rings. The third-order valence-corrected chi connectivity index (χ3v) is 5.72. The van der Waals surface area contributed by atoms with Gasteiger partial charge in [0.15, 0.2) is 5.75 Å².